The molecule has 90 valence electrons. The molecule has 0 saturated carbocycles. The van der Waals surface area contributed by atoms with E-state index in [-0.39, 0.29) is 0 Å². The zero-order chi connectivity index (χ0) is 12.3. The molecule has 0 unspecified atom stereocenters. The van der Waals surface area contributed by atoms with Gasteiger partial charge in [-0.3, -0.25) is 4.18 Å². The van der Waals surface area contributed by atoms with Crippen LogP contribution in [0.4, 0.5) is 0 Å². The molecule has 0 amide bonds. The highest BCUT2D eigenvalue weighted by Gasteiger charge is 2.15. The third-order valence-corrected chi connectivity index (χ3v) is 3.66. The lowest BCUT2D eigenvalue weighted by Gasteiger charge is -2.10. The summed E-state index contributed by atoms with van der Waals surface area (Å²) in [7, 11) is 1.57. The molecule has 0 aliphatic rings. The number of hydrogen-bond donors (Lipinski definition) is 0. The van der Waals surface area contributed by atoms with E-state index in [1.54, 1.807) is 7.11 Å². The number of hydrogen-bond acceptors (Lipinski definition) is 3. The predicted octanol–water partition coefficient (Wildman–Crippen LogP) is 2.91. The van der Waals surface area contributed by atoms with Crippen LogP contribution in [0.25, 0.3) is 10.8 Å². The minimum atomic E-state index is -1.49. The summed E-state index contributed by atoms with van der Waals surface area (Å²) in [6, 6.07) is 11.5. The zero-order valence-corrected chi connectivity index (χ0v) is 10.6. The Hall–Kier alpha value is -1.39. The standard InChI is InChI=1S/C13H14O3S/c1-3-16-17(14)13-11-7-5-4-6-10(11)8-9-12(13)15-2/h4-9H,3H2,1-2H3/t17-/m1/s1. The summed E-state index contributed by atoms with van der Waals surface area (Å²) >= 11 is -1.49. The summed E-state index contributed by atoms with van der Waals surface area (Å²) < 4.78 is 22.5. The summed E-state index contributed by atoms with van der Waals surface area (Å²) in [5, 5.41) is 1.93. The lowest BCUT2D eigenvalue weighted by Crippen LogP contribution is -2.01. The predicted molar refractivity (Wildman–Crippen MR) is 68.5 cm³/mol. The van der Waals surface area contributed by atoms with Crippen molar-refractivity contribution < 1.29 is 13.1 Å². The first-order valence-electron chi connectivity index (χ1n) is 5.38. The van der Waals surface area contributed by atoms with Gasteiger partial charge < -0.3 is 4.74 Å². The van der Waals surface area contributed by atoms with Crippen LogP contribution in [-0.2, 0) is 15.3 Å². The molecule has 0 spiro atoms. The molecule has 0 aromatic heterocycles. The quantitative estimate of drug-likeness (QED) is 0.837. The monoisotopic (exact) mass is 250 g/mol. The molecular formula is C13H14O3S. The maximum atomic E-state index is 12.0. The van der Waals surface area contributed by atoms with Crippen LogP contribution in [-0.4, -0.2) is 17.9 Å². The number of methoxy groups -OCH3 is 1. The summed E-state index contributed by atoms with van der Waals surface area (Å²) in [4.78, 5) is 0.604. The highest BCUT2D eigenvalue weighted by molar-refractivity contribution is 7.80. The summed E-state index contributed by atoms with van der Waals surface area (Å²) in [5.74, 6) is 0.593. The molecule has 1 atom stereocenters. The van der Waals surface area contributed by atoms with Crippen LogP contribution in [0.2, 0.25) is 0 Å². The van der Waals surface area contributed by atoms with Crippen molar-refractivity contribution in [1.82, 2.24) is 0 Å². The molecule has 2 rings (SSSR count). The van der Waals surface area contributed by atoms with Crippen LogP contribution in [0.15, 0.2) is 41.3 Å². The van der Waals surface area contributed by atoms with Crippen molar-refractivity contribution in [2.45, 2.75) is 11.8 Å². The van der Waals surface area contributed by atoms with E-state index in [1.807, 2.05) is 43.3 Å². The first-order valence-corrected chi connectivity index (χ1v) is 6.46. The Labute approximate surface area is 103 Å². The normalized spacial score (nSPS) is 12.6. The average molecular weight is 250 g/mol. The van der Waals surface area contributed by atoms with Crippen LogP contribution in [0.1, 0.15) is 6.92 Å². The molecule has 2 aromatic carbocycles. The van der Waals surface area contributed by atoms with Gasteiger partial charge in [0.05, 0.1) is 13.7 Å². The van der Waals surface area contributed by atoms with Crippen molar-refractivity contribution in [2.75, 3.05) is 13.7 Å². The summed E-state index contributed by atoms with van der Waals surface area (Å²) in [5.41, 5.74) is 0. The lowest BCUT2D eigenvalue weighted by molar-refractivity contribution is 0.365. The molecule has 17 heavy (non-hydrogen) atoms. The highest BCUT2D eigenvalue weighted by atomic mass is 32.2. The van der Waals surface area contributed by atoms with E-state index >= 15 is 0 Å². The number of fused-ring (bicyclic) bond motifs is 1. The van der Waals surface area contributed by atoms with Gasteiger partial charge in [-0.1, -0.05) is 30.3 Å². The second-order valence-corrected chi connectivity index (χ2v) is 4.57. The van der Waals surface area contributed by atoms with Crippen molar-refractivity contribution in [3.8, 4) is 5.75 Å². The van der Waals surface area contributed by atoms with Crippen LogP contribution in [0.5, 0.6) is 5.75 Å². The maximum Gasteiger partial charge on any atom is 0.193 e. The van der Waals surface area contributed by atoms with Crippen LogP contribution < -0.4 is 4.74 Å². The van der Waals surface area contributed by atoms with E-state index in [9.17, 15) is 4.21 Å². The second-order valence-electron chi connectivity index (χ2n) is 3.46. The van der Waals surface area contributed by atoms with Gasteiger partial charge in [0.1, 0.15) is 10.6 Å². The molecule has 0 heterocycles. The van der Waals surface area contributed by atoms with E-state index in [4.69, 9.17) is 8.92 Å². The number of benzene rings is 2. The van der Waals surface area contributed by atoms with Crippen LogP contribution in [0.3, 0.4) is 0 Å². The SMILES string of the molecule is CCO[S@@](=O)c1c(OC)ccc2ccccc12. The molecule has 0 fully saturated rings. The van der Waals surface area contributed by atoms with Crippen molar-refractivity contribution in [3.63, 3.8) is 0 Å². The molecule has 0 radical (unpaired) electrons. The Morgan fingerprint density at radius 3 is 2.65 bits per heavy atom. The molecule has 0 saturated heterocycles. The largest absolute Gasteiger partial charge is 0.495 e. The Kier molecular flexibility index (Phi) is 3.76. The van der Waals surface area contributed by atoms with Gasteiger partial charge in [-0.05, 0) is 18.4 Å². The minimum absolute atomic E-state index is 0.402. The Bertz CT molecular complexity index is 551. The minimum Gasteiger partial charge on any atom is -0.495 e. The van der Waals surface area contributed by atoms with Gasteiger partial charge in [-0.2, -0.15) is 0 Å². The fourth-order valence-corrected chi connectivity index (χ4v) is 2.73. The molecule has 3 nitrogen and oxygen atoms in total. The van der Waals surface area contributed by atoms with Gasteiger partial charge in [0, 0.05) is 5.39 Å². The topological polar surface area (TPSA) is 35.5 Å². The average Bonchev–Trinajstić information content (AvgIpc) is 2.37. The molecule has 4 heteroatoms. The summed E-state index contributed by atoms with van der Waals surface area (Å²) in [6.07, 6.45) is 0. The molecule has 0 aliphatic carbocycles. The first-order chi connectivity index (χ1) is 8.27. The fourth-order valence-electron chi connectivity index (χ4n) is 1.72. The van der Waals surface area contributed by atoms with Crippen molar-refractivity contribution in [1.29, 1.82) is 0 Å². The van der Waals surface area contributed by atoms with Gasteiger partial charge in [0.15, 0.2) is 11.1 Å². The van der Waals surface area contributed by atoms with Gasteiger partial charge in [0.2, 0.25) is 0 Å². The Morgan fingerprint density at radius 1 is 1.18 bits per heavy atom. The van der Waals surface area contributed by atoms with Gasteiger partial charge in [0.25, 0.3) is 0 Å². The molecule has 0 bridgehead atoms. The first kappa shape index (κ1) is 12.1. The third kappa shape index (κ3) is 2.33. The van der Waals surface area contributed by atoms with Crippen molar-refractivity contribution in [3.05, 3.63) is 36.4 Å². The van der Waals surface area contributed by atoms with Crippen molar-refractivity contribution in [2.24, 2.45) is 0 Å². The third-order valence-electron chi connectivity index (χ3n) is 2.45. The van der Waals surface area contributed by atoms with Gasteiger partial charge in [-0.15, -0.1) is 0 Å². The molecule has 0 N–H and O–H groups in total. The molecular weight excluding hydrogens is 236 g/mol. The van der Waals surface area contributed by atoms with E-state index in [1.165, 1.54) is 0 Å². The molecule has 2 aromatic rings. The smallest absolute Gasteiger partial charge is 0.193 e. The van der Waals surface area contributed by atoms with Crippen LogP contribution in [0, 0.1) is 0 Å². The summed E-state index contributed by atoms with van der Waals surface area (Å²) in [6.45, 7) is 2.22. The lowest BCUT2D eigenvalue weighted by atomic mass is 10.1. The van der Waals surface area contributed by atoms with E-state index in [0.29, 0.717) is 17.3 Å². The zero-order valence-electron chi connectivity index (χ0n) is 9.80. The number of rotatable bonds is 4. The Balaban J connectivity index is 2.67. The van der Waals surface area contributed by atoms with E-state index in [0.717, 1.165) is 10.8 Å². The Morgan fingerprint density at radius 2 is 1.94 bits per heavy atom. The maximum absolute atomic E-state index is 12.0. The van der Waals surface area contributed by atoms with E-state index in [2.05, 4.69) is 0 Å². The fraction of sp³-hybridized carbons (Fsp3) is 0.231. The van der Waals surface area contributed by atoms with Crippen LogP contribution >= 0.6 is 0 Å². The van der Waals surface area contributed by atoms with Gasteiger partial charge in [-0.25, -0.2) is 4.21 Å². The molecule has 0 aliphatic heterocycles. The number of ether oxygens (including phenoxy) is 1. The highest BCUT2D eigenvalue weighted by Crippen LogP contribution is 2.31. The van der Waals surface area contributed by atoms with Crippen molar-refractivity contribution >= 4 is 21.9 Å². The van der Waals surface area contributed by atoms with E-state index < -0.39 is 11.1 Å². The van der Waals surface area contributed by atoms with Gasteiger partial charge >= 0.3 is 0 Å². The second kappa shape index (κ2) is 5.29.